The van der Waals surface area contributed by atoms with Crippen LogP contribution >= 0.6 is 0 Å². The fraction of sp³-hybridized carbons (Fsp3) is 0.250. The molecule has 1 aromatic carbocycles. The molecule has 1 aliphatic heterocycles. The molecule has 0 saturated heterocycles. The smallest absolute Gasteiger partial charge is 0.425 e. The van der Waals surface area contributed by atoms with Crippen molar-refractivity contribution in [2.24, 2.45) is 0 Å². The van der Waals surface area contributed by atoms with Crippen LogP contribution in [-0.2, 0) is 11.3 Å². The van der Waals surface area contributed by atoms with Crippen molar-refractivity contribution in [2.75, 3.05) is 0 Å². The SMILES string of the molecule is OB(O)C1OCc2ccccc21. The first-order valence-electron chi connectivity index (χ1n) is 3.84. The van der Waals surface area contributed by atoms with Crippen LogP contribution < -0.4 is 0 Å². The highest BCUT2D eigenvalue weighted by Crippen LogP contribution is 2.30. The predicted molar refractivity (Wildman–Crippen MR) is 44.2 cm³/mol. The highest BCUT2D eigenvalue weighted by Gasteiger charge is 2.32. The predicted octanol–water partition coefficient (Wildman–Crippen LogP) is 0.270. The molecule has 1 aromatic rings. The molecule has 0 amide bonds. The molecule has 0 aromatic heterocycles. The number of hydrogen-bond donors (Lipinski definition) is 2. The van der Waals surface area contributed by atoms with E-state index in [4.69, 9.17) is 14.8 Å². The molecule has 0 spiro atoms. The van der Waals surface area contributed by atoms with E-state index in [9.17, 15) is 0 Å². The maximum absolute atomic E-state index is 8.93. The lowest BCUT2D eigenvalue weighted by Crippen LogP contribution is -2.22. The third kappa shape index (κ3) is 1.14. The second-order valence-corrected chi connectivity index (χ2v) is 2.84. The van der Waals surface area contributed by atoms with Crippen molar-refractivity contribution in [1.29, 1.82) is 0 Å². The Morgan fingerprint density at radius 1 is 1.33 bits per heavy atom. The highest BCUT2D eigenvalue weighted by atomic mass is 16.5. The minimum atomic E-state index is -1.42. The molecule has 4 heteroatoms. The van der Waals surface area contributed by atoms with Crippen molar-refractivity contribution in [2.45, 2.75) is 12.6 Å². The summed E-state index contributed by atoms with van der Waals surface area (Å²) in [6.07, 6.45) is 0. The second kappa shape index (κ2) is 2.90. The molecule has 2 N–H and O–H groups in total. The molecule has 12 heavy (non-hydrogen) atoms. The summed E-state index contributed by atoms with van der Waals surface area (Å²) in [4.78, 5) is 0. The zero-order valence-corrected chi connectivity index (χ0v) is 6.47. The van der Waals surface area contributed by atoms with Gasteiger partial charge < -0.3 is 14.8 Å². The molecule has 0 bridgehead atoms. The third-order valence-electron chi connectivity index (χ3n) is 2.05. The van der Waals surface area contributed by atoms with E-state index < -0.39 is 13.1 Å². The average Bonchev–Trinajstić information content (AvgIpc) is 2.47. The topological polar surface area (TPSA) is 49.7 Å². The Morgan fingerprint density at radius 3 is 2.83 bits per heavy atom. The lowest BCUT2D eigenvalue weighted by molar-refractivity contribution is 0.0929. The quantitative estimate of drug-likeness (QED) is 0.585. The fourth-order valence-corrected chi connectivity index (χ4v) is 1.46. The van der Waals surface area contributed by atoms with Crippen LogP contribution in [0.25, 0.3) is 0 Å². The van der Waals surface area contributed by atoms with Gasteiger partial charge >= 0.3 is 7.12 Å². The van der Waals surface area contributed by atoms with E-state index in [1.165, 1.54) is 0 Å². The minimum absolute atomic E-state index is 0.471. The van der Waals surface area contributed by atoms with Gasteiger partial charge in [-0.25, -0.2) is 0 Å². The van der Waals surface area contributed by atoms with Crippen LogP contribution in [0, 0.1) is 0 Å². The van der Waals surface area contributed by atoms with E-state index in [0.29, 0.717) is 6.61 Å². The molecule has 62 valence electrons. The van der Waals surface area contributed by atoms with E-state index in [1.807, 2.05) is 24.3 Å². The van der Waals surface area contributed by atoms with Crippen molar-refractivity contribution in [3.8, 4) is 0 Å². The largest absolute Gasteiger partial charge is 0.487 e. The monoisotopic (exact) mass is 164 g/mol. The summed E-state index contributed by atoms with van der Waals surface area (Å²) in [7, 11) is -1.42. The van der Waals surface area contributed by atoms with Crippen molar-refractivity contribution in [1.82, 2.24) is 0 Å². The Hall–Kier alpha value is -0.835. The molecule has 0 aliphatic carbocycles. The van der Waals surface area contributed by atoms with E-state index in [1.54, 1.807) is 0 Å². The fourth-order valence-electron chi connectivity index (χ4n) is 1.46. The van der Waals surface area contributed by atoms with Gasteiger partial charge in [0.15, 0.2) is 0 Å². The van der Waals surface area contributed by atoms with Gasteiger partial charge in [-0.15, -0.1) is 0 Å². The van der Waals surface area contributed by atoms with Crippen molar-refractivity contribution in [3.05, 3.63) is 35.4 Å². The molecule has 0 fully saturated rings. The summed E-state index contributed by atoms with van der Waals surface area (Å²) < 4.78 is 5.18. The summed E-state index contributed by atoms with van der Waals surface area (Å²) in [5.74, 6) is 0. The van der Waals surface area contributed by atoms with Crippen molar-refractivity contribution < 1.29 is 14.8 Å². The molecule has 1 aliphatic rings. The summed E-state index contributed by atoms with van der Waals surface area (Å²) in [6.45, 7) is 0.471. The standard InChI is InChI=1S/C8H9BO3/c10-9(11)8-7-4-2-1-3-6(7)5-12-8/h1-4,8,10-11H,5H2. The van der Waals surface area contributed by atoms with Gasteiger partial charge in [-0.05, 0) is 11.1 Å². The Balaban J connectivity index is 2.36. The normalized spacial score (nSPS) is 20.7. The Labute approximate surface area is 70.8 Å². The summed E-state index contributed by atoms with van der Waals surface area (Å²) in [5, 5.41) is 17.9. The van der Waals surface area contributed by atoms with E-state index in [2.05, 4.69) is 0 Å². The Morgan fingerprint density at radius 2 is 2.08 bits per heavy atom. The first-order valence-corrected chi connectivity index (χ1v) is 3.84. The maximum atomic E-state index is 8.93. The number of fused-ring (bicyclic) bond motifs is 1. The van der Waals surface area contributed by atoms with Gasteiger partial charge in [-0.3, -0.25) is 0 Å². The van der Waals surface area contributed by atoms with Crippen LogP contribution in [0.3, 0.4) is 0 Å². The van der Waals surface area contributed by atoms with Crippen LogP contribution in [0.1, 0.15) is 17.1 Å². The summed E-state index contributed by atoms with van der Waals surface area (Å²) in [5.41, 5.74) is 1.92. The lowest BCUT2D eigenvalue weighted by atomic mass is 9.78. The lowest BCUT2D eigenvalue weighted by Gasteiger charge is -2.07. The Kier molecular flexibility index (Phi) is 1.88. The molecular formula is C8H9BO3. The average molecular weight is 164 g/mol. The van der Waals surface area contributed by atoms with Gasteiger partial charge in [-0.2, -0.15) is 0 Å². The molecule has 0 saturated carbocycles. The van der Waals surface area contributed by atoms with Crippen LogP contribution in [-0.4, -0.2) is 17.2 Å². The molecule has 3 nitrogen and oxygen atoms in total. The van der Waals surface area contributed by atoms with E-state index in [-0.39, 0.29) is 0 Å². The van der Waals surface area contributed by atoms with Crippen LogP contribution in [0.5, 0.6) is 0 Å². The minimum Gasteiger partial charge on any atom is -0.425 e. The van der Waals surface area contributed by atoms with Crippen LogP contribution in [0.15, 0.2) is 24.3 Å². The van der Waals surface area contributed by atoms with Crippen molar-refractivity contribution in [3.63, 3.8) is 0 Å². The molecular weight excluding hydrogens is 155 g/mol. The molecule has 2 rings (SSSR count). The highest BCUT2D eigenvalue weighted by molar-refractivity contribution is 6.42. The third-order valence-corrected chi connectivity index (χ3v) is 2.05. The molecule has 1 unspecified atom stereocenters. The summed E-state index contributed by atoms with van der Waals surface area (Å²) in [6, 6.07) is 6.99. The Bertz CT molecular complexity index is 287. The van der Waals surface area contributed by atoms with Crippen LogP contribution in [0.2, 0.25) is 0 Å². The van der Waals surface area contributed by atoms with Gasteiger partial charge in [-0.1, -0.05) is 24.3 Å². The molecule has 1 atom stereocenters. The molecule has 1 heterocycles. The van der Waals surface area contributed by atoms with E-state index >= 15 is 0 Å². The van der Waals surface area contributed by atoms with Crippen molar-refractivity contribution >= 4 is 7.12 Å². The van der Waals surface area contributed by atoms with Gasteiger partial charge in [0.1, 0.15) is 6.00 Å². The number of ether oxygens (including phenoxy) is 1. The van der Waals surface area contributed by atoms with E-state index in [0.717, 1.165) is 11.1 Å². The first-order chi connectivity index (χ1) is 5.79. The maximum Gasteiger partial charge on any atom is 0.487 e. The number of benzene rings is 1. The zero-order valence-electron chi connectivity index (χ0n) is 6.47. The zero-order chi connectivity index (χ0) is 8.55. The van der Waals surface area contributed by atoms with Gasteiger partial charge in [0.25, 0.3) is 0 Å². The van der Waals surface area contributed by atoms with Crippen LogP contribution in [0.4, 0.5) is 0 Å². The first kappa shape index (κ1) is 7.80. The van der Waals surface area contributed by atoms with Gasteiger partial charge in [0.2, 0.25) is 0 Å². The van der Waals surface area contributed by atoms with Gasteiger partial charge in [0.05, 0.1) is 6.61 Å². The molecule has 0 radical (unpaired) electrons. The second-order valence-electron chi connectivity index (χ2n) is 2.84. The van der Waals surface area contributed by atoms with Gasteiger partial charge in [0, 0.05) is 0 Å². The number of rotatable bonds is 1. The number of hydrogen-bond acceptors (Lipinski definition) is 3. The summed E-state index contributed by atoms with van der Waals surface area (Å²) >= 11 is 0.